The van der Waals surface area contributed by atoms with Gasteiger partial charge in [-0.1, -0.05) is 24.3 Å². The number of nitrogens with one attached hydrogen (secondary N) is 1. The van der Waals surface area contributed by atoms with Crippen molar-refractivity contribution in [2.24, 2.45) is 0 Å². The number of rotatable bonds is 8. The maximum absolute atomic E-state index is 15.0. The Morgan fingerprint density at radius 1 is 1.20 bits per heavy atom. The molecular weight excluding hydrogens is 455 g/mol. The van der Waals surface area contributed by atoms with Crippen molar-refractivity contribution in [1.29, 1.82) is 0 Å². The van der Waals surface area contributed by atoms with E-state index in [-0.39, 0.29) is 19.0 Å². The van der Waals surface area contributed by atoms with Crippen LogP contribution in [-0.2, 0) is 14.3 Å². The number of anilines is 1. The van der Waals surface area contributed by atoms with Crippen molar-refractivity contribution in [3.8, 4) is 11.1 Å². The van der Waals surface area contributed by atoms with E-state index in [1.54, 1.807) is 41.3 Å². The highest BCUT2D eigenvalue weighted by Crippen LogP contribution is 2.30. The largest absolute Gasteiger partial charge is 0.442 e. The standard InChI is InChI=1S/C25H29FN4O5/c1-17(32)27-13-21-14-30(25(34)35-21)20-6-7-22(23(26)12-20)18-2-4-19(5-3-18)24(33)15-28-8-10-29(16-31)11-9-28/h2-7,12,16,21,24,33H,8-11,13-15H2,1H3,(H,27,32)/t21-,24+/m0/s1. The fourth-order valence-electron chi connectivity index (χ4n) is 4.29. The van der Waals surface area contributed by atoms with Crippen LogP contribution in [0.5, 0.6) is 0 Å². The second kappa shape index (κ2) is 10.8. The van der Waals surface area contributed by atoms with Crippen molar-refractivity contribution in [2.75, 3.05) is 50.7 Å². The molecule has 9 nitrogen and oxygen atoms in total. The summed E-state index contributed by atoms with van der Waals surface area (Å²) in [5.74, 6) is -0.701. The van der Waals surface area contributed by atoms with Crippen LogP contribution in [-0.4, -0.2) is 85.2 Å². The van der Waals surface area contributed by atoms with Gasteiger partial charge < -0.3 is 20.1 Å². The van der Waals surface area contributed by atoms with E-state index in [2.05, 4.69) is 10.2 Å². The molecule has 2 heterocycles. The smallest absolute Gasteiger partial charge is 0.414 e. The molecule has 4 rings (SSSR count). The molecule has 2 aliphatic heterocycles. The van der Waals surface area contributed by atoms with Crippen molar-refractivity contribution >= 4 is 24.1 Å². The number of halogens is 1. The van der Waals surface area contributed by atoms with Gasteiger partial charge in [0.15, 0.2) is 0 Å². The molecule has 0 bridgehead atoms. The van der Waals surface area contributed by atoms with Gasteiger partial charge >= 0.3 is 6.09 Å². The fourth-order valence-corrected chi connectivity index (χ4v) is 4.29. The highest BCUT2D eigenvalue weighted by atomic mass is 19.1. The molecule has 2 N–H and O–H groups in total. The topological polar surface area (TPSA) is 102 Å². The number of ether oxygens (including phenoxy) is 1. The molecule has 35 heavy (non-hydrogen) atoms. The van der Waals surface area contributed by atoms with E-state index in [0.717, 1.165) is 12.0 Å². The van der Waals surface area contributed by atoms with Gasteiger partial charge in [-0.25, -0.2) is 9.18 Å². The van der Waals surface area contributed by atoms with E-state index in [0.29, 0.717) is 49.5 Å². The summed E-state index contributed by atoms with van der Waals surface area (Å²) in [6, 6.07) is 11.6. The lowest BCUT2D eigenvalue weighted by Gasteiger charge is -2.33. The predicted octanol–water partition coefficient (Wildman–Crippen LogP) is 1.76. The Labute approximate surface area is 203 Å². The van der Waals surface area contributed by atoms with Crippen LogP contribution in [0.4, 0.5) is 14.9 Å². The number of carbonyl (C=O) groups excluding carboxylic acids is 3. The third kappa shape index (κ3) is 5.95. The van der Waals surface area contributed by atoms with Crippen LogP contribution in [0.2, 0.25) is 0 Å². The first-order valence-electron chi connectivity index (χ1n) is 11.6. The zero-order chi connectivity index (χ0) is 24.9. The van der Waals surface area contributed by atoms with Crippen molar-refractivity contribution in [2.45, 2.75) is 19.1 Å². The van der Waals surface area contributed by atoms with Crippen LogP contribution >= 0.6 is 0 Å². The lowest BCUT2D eigenvalue weighted by molar-refractivity contribution is -0.120. The van der Waals surface area contributed by atoms with E-state index in [9.17, 15) is 23.9 Å². The molecule has 3 amide bonds. The number of aliphatic hydroxyl groups is 1. The second-order valence-electron chi connectivity index (χ2n) is 8.80. The van der Waals surface area contributed by atoms with Gasteiger partial charge in [0.25, 0.3) is 0 Å². The Bertz CT molecular complexity index is 1070. The van der Waals surface area contributed by atoms with Crippen molar-refractivity contribution < 1.29 is 28.6 Å². The van der Waals surface area contributed by atoms with E-state index in [1.165, 1.54) is 17.9 Å². The Kier molecular flexibility index (Phi) is 7.62. The number of benzene rings is 2. The maximum Gasteiger partial charge on any atom is 0.414 e. The van der Waals surface area contributed by atoms with Crippen molar-refractivity contribution in [1.82, 2.24) is 15.1 Å². The lowest BCUT2D eigenvalue weighted by atomic mass is 10.0. The Morgan fingerprint density at radius 2 is 1.91 bits per heavy atom. The van der Waals surface area contributed by atoms with Gasteiger partial charge in [0.05, 0.1) is 24.9 Å². The normalized spacial score (nSPS) is 19.4. The second-order valence-corrected chi connectivity index (χ2v) is 8.80. The van der Waals surface area contributed by atoms with Crippen LogP contribution < -0.4 is 10.2 Å². The summed E-state index contributed by atoms with van der Waals surface area (Å²) >= 11 is 0. The maximum atomic E-state index is 15.0. The Hall–Kier alpha value is -3.50. The molecule has 2 saturated heterocycles. The van der Waals surface area contributed by atoms with Crippen LogP contribution in [0.1, 0.15) is 18.6 Å². The molecule has 2 aromatic rings. The van der Waals surface area contributed by atoms with Crippen molar-refractivity contribution in [3.05, 3.63) is 53.8 Å². The molecule has 2 atom stereocenters. The molecule has 10 heteroatoms. The quantitative estimate of drug-likeness (QED) is 0.554. The van der Waals surface area contributed by atoms with Gasteiger partial charge in [-0.3, -0.25) is 19.4 Å². The summed E-state index contributed by atoms with van der Waals surface area (Å²) in [5.41, 5.74) is 2.14. The number of nitrogens with zero attached hydrogens (tertiary/aromatic N) is 3. The first-order valence-corrected chi connectivity index (χ1v) is 11.6. The highest BCUT2D eigenvalue weighted by Gasteiger charge is 2.32. The molecule has 2 aliphatic rings. The van der Waals surface area contributed by atoms with E-state index in [1.807, 2.05) is 0 Å². The molecule has 0 unspecified atom stereocenters. The van der Waals surface area contributed by atoms with E-state index < -0.39 is 24.1 Å². The number of amides is 3. The molecule has 0 aliphatic carbocycles. The third-order valence-corrected chi connectivity index (χ3v) is 6.31. The first-order chi connectivity index (χ1) is 16.8. The number of carbonyl (C=O) groups is 3. The number of hydrogen-bond acceptors (Lipinski definition) is 6. The van der Waals surface area contributed by atoms with E-state index in [4.69, 9.17) is 4.74 Å². The van der Waals surface area contributed by atoms with Crippen LogP contribution in [0.15, 0.2) is 42.5 Å². The minimum absolute atomic E-state index is 0.200. The Balaban J connectivity index is 1.38. The average molecular weight is 485 g/mol. The minimum atomic E-state index is -0.689. The average Bonchev–Trinajstić information content (AvgIpc) is 3.23. The van der Waals surface area contributed by atoms with Crippen LogP contribution in [0.3, 0.4) is 0 Å². The molecule has 0 radical (unpaired) electrons. The molecule has 0 aromatic heterocycles. The number of hydrogen-bond donors (Lipinski definition) is 2. The SMILES string of the molecule is CC(=O)NC[C@H]1CN(c2ccc(-c3ccc([C@H](O)CN4CCN(C=O)CC4)cc3)c(F)c2)C(=O)O1. The van der Waals surface area contributed by atoms with Crippen molar-refractivity contribution in [3.63, 3.8) is 0 Å². The number of aliphatic hydroxyl groups excluding tert-OH is 1. The predicted molar refractivity (Wildman–Crippen MR) is 127 cm³/mol. The minimum Gasteiger partial charge on any atom is -0.442 e. The zero-order valence-electron chi connectivity index (χ0n) is 19.5. The van der Waals surface area contributed by atoms with Gasteiger partial charge in [-0.2, -0.15) is 0 Å². The molecule has 0 spiro atoms. The van der Waals surface area contributed by atoms with Gasteiger partial charge in [0.2, 0.25) is 12.3 Å². The monoisotopic (exact) mass is 484 g/mol. The van der Waals surface area contributed by atoms with Gasteiger partial charge in [-0.15, -0.1) is 0 Å². The lowest BCUT2D eigenvalue weighted by Crippen LogP contribution is -2.46. The molecular formula is C25H29FN4O5. The molecule has 2 aromatic carbocycles. The highest BCUT2D eigenvalue weighted by molar-refractivity contribution is 5.90. The number of cyclic esters (lactones) is 1. The number of piperazine rings is 1. The van der Waals surface area contributed by atoms with Gasteiger partial charge in [-0.05, 0) is 29.3 Å². The van der Waals surface area contributed by atoms with Gasteiger partial charge in [0.1, 0.15) is 11.9 Å². The fraction of sp³-hybridized carbons (Fsp3) is 0.400. The summed E-state index contributed by atoms with van der Waals surface area (Å²) in [6.45, 7) is 4.98. The molecule has 2 fully saturated rings. The Morgan fingerprint density at radius 3 is 2.54 bits per heavy atom. The molecule has 186 valence electrons. The summed E-state index contributed by atoms with van der Waals surface area (Å²) in [4.78, 5) is 39.3. The molecule has 0 saturated carbocycles. The zero-order valence-corrected chi connectivity index (χ0v) is 19.5. The van der Waals surface area contributed by atoms with Crippen LogP contribution in [0, 0.1) is 5.82 Å². The van der Waals surface area contributed by atoms with Crippen LogP contribution in [0.25, 0.3) is 11.1 Å². The first kappa shape index (κ1) is 24.6. The number of β-amino-alcohol motifs (C(OH)–C–C–N with tert-alkyl or cyclic N) is 1. The summed E-state index contributed by atoms with van der Waals surface area (Å²) in [7, 11) is 0. The third-order valence-electron chi connectivity index (χ3n) is 6.31. The van der Waals surface area contributed by atoms with Gasteiger partial charge in [0, 0.05) is 45.2 Å². The summed E-state index contributed by atoms with van der Waals surface area (Å²) < 4.78 is 20.2. The summed E-state index contributed by atoms with van der Waals surface area (Å²) in [5, 5.41) is 13.2. The summed E-state index contributed by atoms with van der Waals surface area (Å²) in [6.07, 6.45) is -0.925. The van der Waals surface area contributed by atoms with E-state index >= 15 is 0 Å².